The molecule has 1 aliphatic rings. The van der Waals surface area contributed by atoms with Gasteiger partial charge in [-0.3, -0.25) is 9.59 Å². The van der Waals surface area contributed by atoms with Crippen molar-refractivity contribution in [1.82, 2.24) is 4.72 Å². The normalized spacial score (nSPS) is 23.6. The van der Waals surface area contributed by atoms with Gasteiger partial charge in [0, 0.05) is 6.54 Å². The maximum atomic E-state index is 12.3. The monoisotopic (exact) mass is 306 g/mol. The molecule has 1 amide bonds. The highest BCUT2D eigenvalue weighted by molar-refractivity contribution is 7.90. The first kappa shape index (κ1) is 16.9. The van der Waals surface area contributed by atoms with Crippen molar-refractivity contribution in [2.24, 2.45) is 17.1 Å². The standard InChI is InChI=1S/C12H22N2O5S/c1-12(2,11(13)16)7-14-20(17,18)9-6-4-5-8(9)10(15)19-3/h8-9,14H,4-7H2,1-3H3,(H2,13,16). The number of carbonyl (C=O) groups excluding carboxylic acids is 2. The van der Waals surface area contributed by atoms with Crippen molar-refractivity contribution in [3.05, 3.63) is 0 Å². The summed E-state index contributed by atoms with van der Waals surface area (Å²) in [6.45, 7) is 3.03. The number of hydrogen-bond acceptors (Lipinski definition) is 5. The van der Waals surface area contributed by atoms with E-state index in [0.717, 1.165) is 0 Å². The molecular weight excluding hydrogens is 284 g/mol. The molecule has 0 aliphatic heterocycles. The smallest absolute Gasteiger partial charge is 0.310 e. The molecule has 0 bridgehead atoms. The first-order valence-electron chi connectivity index (χ1n) is 6.48. The Bertz CT molecular complexity index is 486. The molecule has 2 atom stereocenters. The molecule has 3 N–H and O–H groups in total. The van der Waals surface area contributed by atoms with Crippen molar-refractivity contribution >= 4 is 21.9 Å². The third-order valence-corrected chi connectivity index (χ3v) is 5.65. The maximum absolute atomic E-state index is 12.3. The molecule has 116 valence electrons. The van der Waals surface area contributed by atoms with E-state index in [2.05, 4.69) is 9.46 Å². The second-order valence-electron chi connectivity index (χ2n) is 5.71. The van der Waals surface area contributed by atoms with Crippen LogP contribution in [0.25, 0.3) is 0 Å². The number of nitrogens with two attached hydrogens (primary N) is 1. The summed E-state index contributed by atoms with van der Waals surface area (Å²) in [5.41, 5.74) is 4.22. The van der Waals surface area contributed by atoms with Crippen molar-refractivity contribution in [3.63, 3.8) is 0 Å². The van der Waals surface area contributed by atoms with Crippen molar-refractivity contribution in [2.45, 2.75) is 38.4 Å². The number of ether oxygens (including phenoxy) is 1. The van der Waals surface area contributed by atoms with Crippen LogP contribution in [0.3, 0.4) is 0 Å². The number of carbonyl (C=O) groups is 2. The molecular formula is C12H22N2O5S. The first-order chi connectivity index (χ1) is 9.12. The van der Waals surface area contributed by atoms with Crippen molar-refractivity contribution in [1.29, 1.82) is 0 Å². The highest BCUT2D eigenvalue weighted by Crippen LogP contribution is 2.31. The number of primary amides is 1. The Balaban J connectivity index is 2.78. The van der Waals surface area contributed by atoms with Gasteiger partial charge in [0.15, 0.2) is 0 Å². The van der Waals surface area contributed by atoms with E-state index in [1.165, 1.54) is 7.11 Å². The SMILES string of the molecule is COC(=O)C1CCCC1S(=O)(=O)NCC(C)(C)C(N)=O. The van der Waals surface area contributed by atoms with Crippen LogP contribution in [0.4, 0.5) is 0 Å². The number of methoxy groups -OCH3 is 1. The van der Waals surface area contributed by atoms with Gasteiger partial charge in [0.1, 0.15) is 0 Å². The minimum absolute atomic E-state index is 0.0882. The minimum Gasteiger partial charge on any atom is -0.469 e. The number of sulfonamides is 1. The highest BCUT2D eigenvalue weighted by atomic mass is 32.2. The molecule has 0 saturated heterocycles. The molecule has 8 heteroatoms. The fourth-order valence-electron chi connectivity index (χ4n) is 2.19. The third kappa shape index (κ3) is 3.69. The number of nitrogens with one attached hydrogen (secondary N) is 1. The van der Waals surface area contributed by atoms with E-state index >= 15 is 0 Å². The zero-order valence-electron chi connectivity index (χ0n) is 12.0. The molecule has 0 aromatic carbocycles. The molecule has 0 spiro atoms. The highest BCUT2D eigenvalue weighted by Gasteiger charge is 2.42. The number of amides is 1. The molecule has 0 heterocycles. The van der Waals surface area contributed by atoms with Gasteiger partial charge < -0.3 is 10.5 Å². The lowest BCUT2D eigenvalue weighted by Gasteiger charge is -2.24. The molecule has 0 radical (unpaired) electrons. The van der Waals surface area contributed by atoms with E-state index in [1.54, 1.807) is 13.8 Å². The molecule has 1 saturated carbocycles. The summed E-state index contributed by atoms with van der Waals surface area (Å²) in [5.74, 6) is -1.74. The average molecular weight is 306 g/mol. The topological polar surface area (TPSA) is 116 Å². The van der Waals surface area contributed by atoms with E-state index < -0.39 is 38.5 Å². The Kier molecular flexibility index (Phi) is 5.15. The van der Waals surface area contributed by atoms with Crippen molar-refractivity contribution in [3.8, 4) is 0 Å². The fraction of sp³-hybridized carbons (Fsp3) is 0.833. The van der Waals surface area contributed by atoms with Gasteiger partial charge in [0.25, 0.3) is 0 Å². The van der Waals surface area contributed by atoms with Crippen LogP contribution in [0, 0.1) is 11.3 Å². The predicted molar refractivity (Wildman–Crippen MR) is 73.0 cm³/mol. The summed E-state index contributed by atoms with van der Waals surface area (Å²) >= 11 is 0. The summed E-state index contributed by atoms with van der Waals surface area (Å²) in [4.78, 5) is 22.8. The van der Waals surface area contributed by atoms with Gasteiger partial charge in [-0.05, 0) is 26.7 Å². The summed E-state index contributed by atoms with van der Waals surface area (Å²) in [6.07, 6.45) is 1.56. The van der Waals surface area contributed by atoms with Gasteiger partial charge in [-0.15, -0.1) is 0 Å². The fourth-order valence-corrected chi connectivity index (χ4v) is 4.13. The Hall–Kier alpha value is -1.15. The zero-order valence-corrected chi connectivity index (χ0v) is 12.8. The van der Waals surface area contributed by atoms with E-state index in [0.29, 0.717) is 19.3 Å². The van der Waals surface area contributed by atoms with Crippen LogP contribution in [-0.4, -0.2) is 39.2 Å². The lowest BCUT2D eigenvalue weighted by atomic mass is 9.93. The van der Waals surface area contributed by atoms with Crippen molar-refractivity contribution < 1.29 is 22.7 Å². The van der Waals surface area contributed by atoms with Crippen molar-refractivity contribution in [2.75, 3.05) is 13.7 Å². The molecule has 2 unspecified atom stereocenters. The summed E-state index contributed by atoms with van der Waals surface area (Å²) in [6, 6.07) is 0. The molecule has 7 nitrogen and oxygen atoms in total. The lowest BCUT2D eigenvalue weighted by molar-refractivity contribution is -0.145. The third-order valence-electron chi connectivity index (χ3n) is 3.74. The number of rotatable bonds is 6. The Labute approximate surface area is 119 Å². The predicted octanol–water partition coefficient (Wildman–Crippen LogP) is -0.241. The van der Waals surface area contributed by atoms with Crippen LogP contribution < -0.4 is 10.5 Å². The maximum Gasteiger partial charge on any atom is 0.310 e. The zero-order chi connectivity index (χ0) is 15.6. The number of esters is 1. The van der Waals surface area contributed by atoms with E-state index in [1.807, 2.05) is 0 Å². The van der Waals surface area contributed by atoms with Crippen LogP contribution in [0.15, 0.2) is 0 Å². The summed E-state index contributed by atoms with van der Waals surface area (Å²) in [7, 11) is -2.45. The van der Waals surface area contributed by atoms with E-state index in [-0.39, 0.29) is 6.54 Å². The molecule has 1 aliphatic carbocycles. The first-order valence-corrected chi connectivity index (χ1v) is 8.02. The van der Waals surface area contributed by atoms with Gasteiger partial charge in [-0.2, -0.15) is 0 Å². The van der Waals surface area contributed by atoms with Gasteiger partial charge >= 0.3 is 5.97 Å². The molecule has 1 fully saturated rings. The van der Waals surface area contributed by atoms with Gasteiger partial charge in [0.05, 0.1) is 23.7 Å². The lowest BCUT2D eigenvalue weighted by Crippen LogP contribution is -2.46. The Morgan fingerprint density at radius 1 is 1.35 bits per heavy atom. The van der Waals surface area contributed by atoms with E-state index in [4.69, 9.17) is 5.73 Å². The van der Waals surface area contributed by atoms with Crippen LogP contribution >= 0.6 is 0 Å². The average Bonchev–Trinajstić information content (AvgIpc) is 2.85. The van der Waals surface area contributed by atoms with Crippen LogP contribution in [0.2, 0.25) is 0 Å². The van der Waals surface area contributed by atoms with Crippen LogP contribution in [0.5, 0.6) is 0 Å². The van der Waals surface area contributed by atoms with Crippen LogP contribution in [-0.2, 0) is 24.3 Å². The summed E-state index contributed by atoms with van der Waals surface area (Å²) in [5, 5.41) is -0.807. The van der Waals surface area contributed by atoms with E-state index in [9.17, 15) is 18.0 Å². The Morgan fingerprint density at radius 3 is 2.45 bits per heavy atom. The molecule has 0 aromatic heterocycles. The summed E-state index contributed by atoms with van der Waals surface area (Å²) < 4.78 is 31.6. The van der Waals surface area contributed by atoms with Crippen LogP contribution in [0.1, 0.15) is 33.1 Å². The Morgan fingerprint density at radius 2 is 1.95 bits per heavy atom. The number of hydrogen-bond donors (Lipinski definition) is 2. The second kappa shape index (κ2) is 6.09. The van der Waals surface area contributed by atoms with Gasteiger partial charge in [0.2, 0.25) is 15.9 Å². The molecule has 20 heavy (non-hydrogen) atoms. The largest absolute Gasteiger partial charge is 0.469 e. The van der Waals surface area contributed by atoms with Gasteiger partial charge in [-0.1, -0.05) is 6.42 Å². The van der Waals surface area contributed by atoms with Gasteiger partial charge in [-0.25, -0.2) is 13.1 Å². The minimum atomic E-state index is -3.69. The second-order valence-corrected chi connectivity index (χ2v) is 7.70. The molecule has 0 aromatic rings. The molecule has 1 rings (SSSR count). The quantitative estimate of drug-likeness (QED) is 0.657.